The van der Waals surface area contributed by atoms with Crippen molar-refractivity contribution in [1.29, 1.82) is 0 Å². The molecule has 13 heavy (non-hydrogen) atoms. The molecular formula is C9H16O4. The van der Waals surface area contributed by atoms with Gasteiger partial charge < -0.3 is 19.3 Å². The van der Waals surface area contributed by atoms with Gasteiger partial charge in [-0.3, -0.25) is 0 Å². The van der Waals surface area contributed by atoms with E-state index in [-0.39, 0.29) is 18.5 Å². The number of aliphatic hydroxyl groups is 1. The summed E-state index contributed by atoms with van der Waals surface area (Å²) in [4.78, 5) is 0. The van der Waals surface area contributed by atoms with Crippen LogP contribution in [0.5, 0.6) is 0 Å². The zero-order chi connectivity index (χ0) is 9.10. The molecule has 2 saturated heterocycles. The van der Waals surface area contributed by atoms with Crippen LogP contribution in [0.25, 0.3) is 0 Å². The van der Waals surface area contributed by atoms with Crippen LogP contribution >= 0.6 is 0 Å². The molecule has 0 saturated carbocycles. The van der Waals surface area contributed by atoms with Gasteiger partial charge >= 0.3 is 0 Å². The lowest BCUT2D eigenvalue weighted by atomic mass is 10.1. The van der Waals surface area contributed by atoms with Crippen LogP contribution in [0.2, 0.25) is 0 Å². The third-order valence-electron chi connectivity index (χ3n) is 2.45. The molecule has 2 heterocycles. The van der Waals surface area contributed by atoms with E-state index in [1.165, 1.54) is 0 Å². The van der Waals surface area contributed by atoms with E-state index in [0.29, 0.717) is 19.6 Å². The van der Waals surface area contributed by atoms with Gasteiger partial charge in [0.2, 0.25) is 0 Å². The Bertz CT molecular complexity index is 156. The summed E-state index contributed by atoms with van der Waals surface area (Å²) in [6.07, 6.45) is 1.93. The summed E-state index contributed by atoms with van der Waals surface area (Å²) in [7, 11) is 0. The maximum atomic E-state index is 9.36. The van der Waals surface area contributed by atoms with Crippen molar-refractivity contribution in [2.45, 2.75) is 37.8 Å². The van der Waals surface area contributed by atoms with Crippen LogP contribution in [0.3, 0.4) is 0 Å². The van der Waals surface area contributed by atoms with Gasteiger partial charge in [-0.05, 0) is 12.8 Å². The SMILES string of the molecule is OC1CCOC(OC2CCOC2)C1. The largest absolute Gasteiger partial charge is 0.393 e. The fourth-order valence-corrected chi connectivity index (χ4v) is 1.67. The topological polar surface area (TPSA) is 47.9 Å². The first-order valence-electron chi connectivity index (χ1n) is 4.87. The van der Waals surface area contributed by atoms with E-state index in [9.17, 15) is 5.11 Å². The number of aliphatic hydroxyl groups excluding tert-OH is 1. The summed E-state index contributed by atoms with van der Waals surface area (Å²) >= 11 is 0. The predicted octanol–water partition coefficient (Wildman–Crippen LogP) is 0.289. The minimum absolute atomic E-state index is 0.162. The highest BCUT2D eigenvalue weighted by Crippen LogP contribution is 2.19. The molecule has 0 spiro atoms. The van der Waals surface area contributed by atoms with Crippen LogP contribution in [-0.4, -0.2) is 43.4 Å². The van der Waals surface area contributed by atoms with Gasteiger partial charge in [-0.2, -0.15) is 0 Å². The second-order valence-corrected chi connectivity index (χ2v) is 3.60. The van der Waals surface area contributed by atoms with E-state index < -0.39 is 0 Å². The molecule has 2 rings (SSSR count). The lowest BCUT2D eigenvalue weighted by Gasteiger charge is -2.28. The molecule has 76 valence electrons. The van der Waals surface area contributed by atoms with Crippen LogP contribution in [0.4, 0.5) is 0 Å². The van der Waals surface area contributed by atoms with Crippen molar-refractivity contribution in [3.63, 3.8) is 0 Å². The zero-order valence-corrected chi connectivity index (χ0v) is 7.65. The predicted molar refractivity (Wildman–Crippen MR) is 45.3 cm³/mol. The van der Waals surface area contributed by atoms with Crippen LogP contribution in [0.15, 0.2) is 0 Å². The number of ether oxygens (including phenoxy) is 3. The molecule has 0 aromatic rings. The molecule has 4 heteroatoms. The van der Waals surface area contributed by atoms with E-state index in [4.69, 9.17) is 14.2 Å². The Labute approximate surface area is 77.8 Å². The van der Waals surface area contributed by atoms with E-state index in [2.05, 4.69) is 0 Å². The third kappa shape index (κ3) is 2.64. The quantitative estimate of drug-likeness (QED) is 0.676. The summed E-state index contributed by atoms with van der Waals surface area (Å²) in [5.74, 6) is 0. The van der Waals surface area contributed by atoms with Gasteiger partial charge in [0.25, 0.3) is 0 Å². The first-order chi connectivity index (χ1) is 6.34. The highest BCUT2D eigenvalue weighted by Gasteiger charge is 2.26. The fourth-order valence-electron chi connectivity index (χ4n) is 1.67. The molecule has 2 aliphatic rings. The molecular weight excluding hydrogens is 172 g/mol. The zero-order valence-electron chi connectivity index (χ0n) is 7.65. The molecule has 0 aromatic heterocycles. The number of hydrogen-bond donors (Lipinski definition) is 1. The Kier molecular flexibility index (Phi) is 3.16. The first kappa shape index (κ1) is 9.40. The smallest absolute Gasteiger partial charge is 0.160 e. The van der Waals surface area contributed by atoms with E-state index in [1.807, 2.05) is 0 Å². The second-order valence-electron chi connectivity index (χ2n) is 3.60. The van der Waals surface area contributed by atoms with Gasteiger partial charge in [-0.1, -0.05) is 0 Å². The Morgan fingerprint density at radius 1 is 1.23 bits per heavy atom. The summed E-state index contributed by atoms with van der Waals surface area (Å²) in [6.45, 7) is 2.04. The lowest BCUT2D eigenvalue weighted by Crippen LogP contribution is -2.34. The summed E-state index contributed by atoms with van der Waals surface area (Å²) in [6, 6.07) is 0. The Morgan fingerprint density at radius 2 is 2.15 bits per heavy atom. The standard InChI is InChI=1S/C9H16O4/c10-7-1-4-12-9(5-7)13-8-2-3-11-6-8/h7-10H,1-6H2. The Morgan fingerprint density at radius 3 is 2.85 bits per heavy atom. The van der Waals surface area contributed by atoms with Gasteiger partial charge in [0.05, 0.1) is 25.4 Å². The summed E-state index contributed by atoms with van der Waals surface area (Å²) in [5.41, 5.74) is 0. The molecule has 2 aliphatic heterocycles. The van der Waals surface area contributed by atoms with E-state index >= 15 is 0 Å². The van der Waals surface area contributed by atoms with Gasteiger partial charge in [0, 0.05) is 13.0 Å². The Hall–Kier alpha value is -0.160. The van der Waals surface area contributed by atoms with Gasteiger partial charge in [0.15, 0.2) is 6.29 Å². The molecule has 0 aromatic carbocycles. The molecule has 0 radical (unpaired) electrons. The van der Waals surface area contributed by atoms with Gasteiger partial charge in [-0.15, -0.1) is 0 Å². The maximum absolute atomic E-state index is 9.36. The van der Waals surface area contributed by atoms with E-state index in [1.54, 1.807) is 0 Å². The molecule has 0 bridgehead atoms. The normalized spacial score (nSPS) is 40.8. The Balaban J connectivity index is 1.73. The minimum atomic E-state index is -0.263. The van der Waals surface area contributed by atoms with Crippen molar-refractivity contribution in [2.75, 3.05) is 19.8 Å². The van der Waals surface area contributed by atoms with Crippen molar-refractivity contribution in [2.24, 2.45) is 0 Å². The molecule has 0 aliphatic carbocycles. The molecule has 0 amide bonds. The highest BCUT2D eigenvalue weighted by atomic mass is 16.7. The van der Waals surface area contributed by atoms with Crippen molar-refractivity contribution in [3.8, 4) is 0 Å². The fraction of sp³-hybridized carbons (Fsp3) is 1.00. The van der Waals surface area contributed by atoms with Gasteiger partial charge in [-0.25, -0.2) is 0 Å². The average molecular weight is 188 g/mol. The van der Waals surface area contributed by atoms with Gasteiger partial charge in [0.1, 0.15) is 0 Å². The summed E-state index contributed by atoms with van der Waals surface area (Å²) in [5, 5.41) is 9.36. The average Bonchev–Trinajstić information content (AvgIpc) is 2.57. The van der Waals surface area contributed by atoms with Crippen molar-refractivity contribution >= 4 is 0 Å². The lowest BCUT2D eigenvalue weighted by molar-refractivity contribution is -0.205. The first-order valence-corrected chi connectivity index (χ1v) is 4.87. The van der Waals surface area contributed by atoms with Crippen LogP contribution < -0.4 is 0 Å². The highest BCUT2D eigenvalue weighted by molar-refractivity contribution is 4.68. The van der Waals surface area contributed by atoms with Crippen LogP contribution in [0, 0.1) is 0 Å². The summed E-state index contributed by atoms with van der Waals surface area (Å²) < 4.78 is 16.2. The minimum Gasteiger partial charge on any atom is -0.393 e. The molecule has 3 unspecified atom stereocenters. The van der Waals surface area contributed by atoms with Crippen molar-refractivity contribution in [3.05, 3.63) is 0 Å². The van der Waals surface area contributed by atoms with Crippen molar-refractivity contribution < 1.29 is 19.3 Å². The van der Waals surface area contributed by atoms with Crippen LogP contribution in [-0.2, 0) is 14.2 Å². The monoisotopic (exact) mass is 188 g/mol. The number of rotatable bonds is 2. The molecule has 1 N–H and O–H groups in total. The van der Waals surface area contributed by atoms with Crippen LogP contribution in [0.1, 0.15) is 19.3 Å². The maximum Gasteiger partial charge on any atom is 0.160 e. The molecule has 4 nitrogen and oxygen atoms in total. The second kappa shape index (κ2) is 4.37. The third-order valence-corrected chi connectivity index (χ3v) is 2.45. The molecule has 2 fully saturated rings. The van der Waals surface area contributed by atoms with E-state index in [0.717, 1.165) is 19.4 Å². The van der Waals surface area contributed by atoms with Crippen molar-refractivity contribution in [1.82, 2.24) is 0 Å². The molecule has 3 atom stereocenters. The number of hydrogen-bond acceptors (Lipinski definition) is 4.